The molecule has 122 valence electrons. The lowest BCUT2D eigenvalue weighted by molar-refractivity contribution is -0.160. The van der Waals surface area contributed by atoms with Crippen molar-refractivity contribution < 1.29 is 9.47 Å². The molecule has 3 heterocycles. The zero-order valence-electron chi connectivity index (χ0n) is 13.3. The van der Waals surface area contributed by atoms with Gasteiger partial charge in [-0.3, -0.25) is 0 Å². The van der Waals surface area contributed by atoms with E-state index in [1.54, 1.807) is 0 Å². The van der Waals surface area contributed by atoms with E-state index < -0.39 is 0 Å². The molecule has 5 nitrogen and oxygen atoms in total. The second-order valence-electron chi connectivity index (χ2n) is 6.41. The number of benzene rings is 1. The van der Waals surface area contributed by atoms with Gasteiger partial charge in [0.05, 0.1) is 19.3 Å². The van der Waals surface area contributed by atoms with E-state index in [0.29, 0.717) is 6.61 Å². The van der Waals surface area contributed by atoms with E-state index in [1.165, 1.54) is 11.5 Å². The van der Waals surface area contributed by atoms with Gasteiger partial charge in [0.15, 0.2) is 5.82 Å². The van der Waals surface area contributed by atoms with Crippen LogP contribution in [0.4, 0.5) is 5.13 Å². The maximum atomic E-state index is 6.25. The molecule has 1 spiro atoms. The first-order chi connectivity index (χ1) is 11.2. The van der Waals surface area contributed by atoms with Gasteiger partial charge in [0.2, 0.25) is 5.13 Å². The second kappa shape index (κ2) is 6.19. The van der Waals surface area contributed by atoms with Gasteiger partial charge >= 0.3 is 0 Å². The molecule has 6 heteroatoms. The maximum Gasteiger partial charge on any atom is 0.205 e. The summed E-state index contributed by atoms with van der Waals surface area (Å²) in [4.78, 5) is 7.07. The third kappa shape index (κ3) is 3.11. The molecule has 4 rings (SSSR count). The van der Waals surface area contributed by atoms with Crippen LogP contribution in [-0.2, 0) is 9.47 Å². The van der Waals surface area contributed by atoms with Crippen molar-refractivity contribution in [3.8, 4) is 11.4 Å². The first-order valence-corrected chi connectivity index (χ1v) is 8.91. The molecule has 2 aliphatic heterocycles. The van der Waals surface area contributed by atoms with Gasteiger partial charge < -0.3 is 14.4 Å². The van der Waals surface area contributed by atoms with Crippen LogP contribution in [0.25, 0.3) is 11.4 Å². The summed E-state index contributed by atoms with van der Waals surface area (Å²) in [6, 6.07) is 10.1. The van der Waals surface area contributed by atoms with Gasteiger partial charge in [0.1, 0.15) is 5.60 Å². The lowest BCUT2D eigenvalue weighted by Crippen LogP contribution is -2.58. The fourth-order valence-corrected chi connectivity index (χ4v) is 4.16. The highest BCUT2D eigenvalue weighted by Crippen LogP contribution is 2.33. The Labute approximate surface area is 140 Å². The Morgan fingerprint density at radius 2 is 2.17 bits per heavy atom. The number of rotatable bonds is 2. The van der Waals surface area contributed by atoms with Crippen molar-refractivity contribution in [1.29, 1.82) is 0 Å². The highest BCUT2D eigenvalue weighted by Gasteiger charge is 2.42. The molecule has 23 heavy (non-hydrogen) atoms. The van der Waals surface area contributed by atoms with Crippen molar-refractivity contribution in [3.63, 3.8) is 0 Å². The quantitative estimate of drug-likeness (QED) is 0.847. The number of nitrogens with zero attached hydrogens (tertiary/aromatic N) is 3. The Balaban J connectivity index is 1.56. The summed E-state index contributed by atoms with van der Waals surface area (Å²) in [6.07, 6.45) is 2.29. The van der Waals surface area contributed by atoms with Crippen molar-refractivity contribution in [1.82, 2.24) is 9.36 Å². The molecular formula is C17H21N3O2S. The zero-order chi connectivity index (χ0) is 15.7. The van der Waals surface area contributed by atoms with E-state index in [-0.39, 0.29) is 11.7 Å². The van der Waals surface area contributed by atoms with Crippen LogP contribution in [0.5, 0.6) is 0 Å². The van der Waals surface area contributed by atoms with Crippen LogP contribution < -0.4 is 4.90 Å². The first-order valence-electron chi connectivity index (χ1n) is 8.14. The SMILES string of the molecule is CC1CN(c2nc(-c3ccccc3)ns2)CC2(CCCOC2)O1. The van der Waals surface area contributed by atoms with E-state index in [9.17, 15) is 0 Å². The summed E-state index contributed by atoms with van der Waals surface area (Å²) in [5.74, 6) is 0.804. The number of anilines is 1. The predicted octanol–water partition coefficient (Wildman–Crippen LogP) is 2.98. The number of ether oxygens (including phenoxy) is 2. The lowest BCUT2D eigenvalue weighted by atomic mass is 9.93. The summed E-state index contributed by atoms with van der Waals surface area (Å²) in [5.41, 5.74) is 0.876. The normalized spacial score (nSPS) is 28.2. The molecule has 0 saturated carbocycles. The predicted molar refractivity (Wildman–Crippen MR) is 90.9 cm³/mol. The van der Waals surface area contributed by atoms with Crippen LogP contribution in [0.2, 0.25) is 0 Å². The van der Waals surface area contributed by atoms with Gasteiger partial charge in [-0.05, 0) is 19.8 Å². The molecule has 0 N–H and O–H groups in total. The van der Waals surface area contributed by atoms with Crippen LogP contribution in [0.3, 0.4) is 0 Å². The van der Waals surface area contributed by atoms with E-state index in [2.05, 4.69) is 16.2 Å². The molecule has 1 aromatic carbocycles. The van der Waals surface area contributed by atoms with E-state index in [0.717, 1.165) is 49.1 Å². The Morgan fingerprint density at radius 3 is 2.96 bits per heavy atom. The van der Waals surface area contributed by atoms with Crippen molar-refractivity contribution in [2.45, 2.75) is 31.5 Å². The smallest absolute Gasteiger partial charge is 0.205 e. The number of morpholine rings is 1. The lowest BCUT2D eigenvalue weighted by Gasteiger charge is -2.47. The fourth-order valence-electron chi connectivity index (χ4n) is 3.46. The Hall–Kier alpha value is -1.50. The minimum absolute atomic E-state index is 0.175. The third-order valence-corrected chi connectivity index (χ3v) is 5.19. The van der Waals surface area contributed by atoms with Gasteiger partial charge in [-0.25, -0.2) is 0 Å². The number of hydrogen-bond acceptors (Lipinski definition) is 6. The van der Waals surface area contributed by atoms with Gasteiger partial charge in [0, 0.05) is 30.2 Å². The molecule has 0 bridgehead atoms. The second-order valence-corrected chi connectivity index (χ2v) is 7.15. The standard InChI is InChI=1S/C17H21N3O2S/c1-13-10-20(11-17(22-13)8-5-9-21-12-17)16-18-15(19-23-16)14-6-3-2-4-7-14/h2-4,6-7,13H,5,8-12H2,1H3. The molecule has 2 aliphatic rings. The number of aromatic nitrogens is 2. The fraction of sp³-hybridized carbons (Fsp3) is 0.529. The van der Waals surface area contributed by atoms with Crippen molar-refractivity contribution in [2.75, 3.05) is 31.2 Å². The first kappa shape index (κ1) is 15.1. The van der Waals surface area contributed by atoms with Crippen LogP contribution >= 0.6 is 11.5 Å². The molecule has 2 atom stereocenters. The minimum Gasteiger partial charge on any atom is -0.378 e. The van der Waals surface area contributed by atoms with E-state index in [1.807, 2.05) is 30.3 Å². The number of hydrogen-bond donors (Lipinski definition) is 0. The highest BCUT2D eigenvalue weighted by atomic mass is 32.1. The van der Waals surface area contributed by atoms with Gasteiger partial charge in [0.25, 0.3) is 0 Å². The Bertz CT molecular complexity index is 655. The molecule has 0 amide bonds. The minimum atomic E-state index is -0.186. The maximum absolute atomic E-state index is 6.25. The molecule has 1 aromatic heterocycles. The van der Waals surface area contributed by atoms with Gasteiger partial charge in [-0.2, -0.15) is 9.36 Å². The Morgan fingerprint density at radius 1 is 1.30 bits per heavy atom. The molecule has 2 unspecified atom stereocenters. The molecule has 0 aliphatic carbocycles. The largest absolute Gasteiger partial charge is 0.378 e. The molecule has 0 radical (unpaired) electrons. The third-order valence-electron chi connectivity index (χ3n) is 4.41. The average molecular weight is 331 g/mol. The molecular weight excluding hydrogens is 310 g/mol. The van der Waals surface area contributed by atoms with Crippen molar-refractivity contribution in [3.05, 3.63) is 30.3 Å². The Kier molecular flexibility index (Phi) is 4.05. The molecule has 2 saturated heterocycles. The van der Waals surface area contributed by atoms with Crippen LogP contribution in [-0.4, -0.2) is 47.4 Å². The average Bonchev–Trinajstić information content (AvgIpc) is 3.06. The zero-order valence-corrected chi connectivity index (χ0v) is 14.1. The summed E-state index contributed by atoms with van der Waals surface area (Å²) in [5, 5.41) is 0.976. The van der Waals surface area contributed by atoms with Crippen molar-refractivity contribution in [2.24, 2.45) is 0 Å². The summed E-state index contributed by atoms with van der Waals surface area (Å²) in [6.45, 7) is 5.34. The van der Waals surface area contributed by atoms with Gasteiger partial charge in [-0.15, -0.1) is 0 Å². The van der Waals surface area contributed by atoms with Crippen LogP contribution in [0, 0.1) is 0 Å². The molecule has 2 aromatic rings. The van der Waals surface area contributed by atoms with Crippen LogP contribution in [0.1, 0.15) is 19.8 Å². The summed E-state index contributed by atoms with van der Waals surface area (Å²) >= 11 is 1.47. The molecule has 2 fully saturated rings. The topological polar surface area (TPSA) is 47.5 Å². The summed E-state index contributed by atoms with van der Waals surface area (Å²) < 4.78 is 16.5. The van der Waals surface area contributed by atoms with E-state index in [4.69, 9.17) is 14.5 Å². The van der Waals surface area contributed by atoms with Gasteiger partial charge in [-0.1, -0.05) is 30.3 Å². The van der Waals surface area contributed by atoms with E-state index >= 15 is 0 Å². The highest BCUT2D eigenvalue weighted by molar-refractivity contribution is 7.09. The van der Waals surface area contributed by atoms with Crippen molar-refractivity contribution >= 4 is 16.7 Å². The van der Waals surface area contributed by atoms with Crippen LogP contribution in [0.15, 0.2) is 30.3 Å². The summed E-state index contributed by atoms with van der Waals surface area (Å²) in [7, 11) is 0. The monoisotopic (exact) mass is 331 g/mol.